The van der Waals surface area contributed by atoms with Gasteiger partial charge in [-0.3, -0.25) is 4.79 Å². The number of benzene rings is 1. The Bertz CT molecular complexity index is 639. The number of pyridine rings is 1. The minimum atomic E-state index is -0.0372. The van der Waals surface area contributed by atoms with Gasteiger partial charge in [-0.05, 0) is 61.8 Å². The van der Waals surface area contributed by atoms with Crippen LogP contribution in [0.25, 0.3) is 10.8 Å². The van der Waals surface area contributed by atoms with Crippen LogP contribution in [-0.2, 0) is 0 Å². The van der Waals surface area contributed by atoms with Gasteiger partial charge < -0.3 is 9.72 Å². The normalized spacial score (nSPS) is 16.7. The molecule has 2 aromatic rings. The van der Waals surface area contributed by atoms with Crippen LogP contribution in [0.15, 0.2) is 29.2 Å². The lowest BCUT2D eigenvalue weighted by Crippen LogP contribution is -2.19. The van der Waals surface area contributed by atoms with Gasteiger partial charge in [-0.25, -0.2) is 0 Å². The molecule has 0 radical (unpaired) electrons. The highest BCUT2D eigenvalue weighted by Gasteiger charge is 2.15. The maximum absolute atomic E-state index is 11.7. The van der Waals surface area contributed by atoms with Gasteiger partial charge in [0, 0.05) is 11.6 Å². The lowest BCUT2D eigenvalue weighted by molar-refractivity contribution is 0.155. The molecule has 1 fully saturated rings. The average Bonchev–Trinajstić information content (AvgIpc) is 2.44. The fourth-order valence-corrected chi connectivity index (χ4v) is 2.83. The molecule has 0 atom stereocenters. The molecule has 1 aliphatic rings. The van der Waals surface area contributed by atoms with E-state index in [1.165, 1.54) is 19.3 Å². The zero-order chi connectivity index (χ0) is 13.2. The van der Waals surface area contributed by atoms with Crippen molar-refractivity contribution in [3.63, 3.8) is 0 Å². The first-order valence-electron chi connectivity index (χ1n) is 7.03. The van der Waals surface area contributed by atoms with E-state index in [0.717, 1.165) is 34.9 Å². The van der Waals surface area contributed by atoms with Crippen LogP contribution in [0.4, 0.5) is 0 Å². The lowest BCUT2D eigenvalue weighted by atomic mass is 9.98. The molecule has 1 aromatic heterocycles. The molecule has 1 heterocycles. The zero-order valence-corrected chi connectivity index (χ0v) is 11.2. The number of fused-ring (bicyclic) bond motifs is 1. The average molecular weight is 257 g/mol. The lowest BCUT2D eigenvalue weighted by Gasteiger charge is -2.23. The van der Waals surface area contributed by atoms with E-state index in [-0.39, 0.29) is 5.56 Å². The van der Waals surface area contributed by atoms with Gasteiger partial charge in [0.1, 0.15) is 5.75 Å². The van der Waals surface area contributed by atoms with Crippen LogP contribution in [0.5, 0.6) is 5.75 Å². The molecule has 100 valence electrons. The monoisotopic (exact) mass is 257 g/mol. The van der Waals surface area contributed by atoms with Gasteiger partial charge in [-0.2, -0.15) is 0 Å². The van der Waals surface area contributed by atoms with E-state index in [1.807, 2.05) is 25.1 Å². The van der Waals surface area contributed by atoms with Crippen molar-refractivity contribution in [2.75, 3.05) is 0 Å². The van der Waals surface area contributed by atoms with E-state index < -0.39 is 0 Å². The number of hydrogen-bond donors (Lipinski definition) is 1. The fourth-order valence-electron chi connectivity index (χ4n) is 2.83. The number of hydrogen-bond acceptors (Lipinski definition) is 2. The first kappa shape index (κ1) is 12.3. The summed E-state index contributed by atoms with van der Waals surface area (Å²) in [5.74, 6) is 0.883. The summed E-state index contributed by atoms with van der Waals surface area (Å²) in [5.41, 5.74) is 1.04. The molecule has 3 nitrogen and oxygen atoms in total. The third-order valence-corrected chi connectivity index (χ3v) is 3.94. The highest BCUT2D eigenvalue weighted by atomic mass is 16.5. The standard InChI is InChI=1S/C16H19NO2/c1-11-10-17-16(18)14-8-7-13(9-15(11)14)19-12-5-3-2-4-6-12/h7-10,12H,2-6H2,1H3,(H,17,18). The van der Waals surface area contributed by atoms with Crippen LogP contribution in [0.3, 0.4) is 0 Å². The van der Waals surface area contributed by atoms with Crippen molar-refractivity contribution in [1.29, 1.82) is 0 Å². The van der Waals surface area contributed by atoms with E-state index in [4.69, 9.17) is 4.74 Å². The molecule has 0 unspecified atom stereocenters. The van der Waals surface area contributed by atoms with Gasteiger partial charge in [0.05, 0.1) is 6.10 Å². The maximum atomic E-state index is 11.7. The van der Waals surface area contributed by atoms with Crippen molar-refractivity contribution in [2.24, 2.45) is 0 Å². The van der Waals surface area contributed by atoms with Crippen LogP contribution in [-0.4, -0.2) is 11.1 Å². The third-order valence-electron chi connectivity index (χ3n) is 3.94. The largest absolute Gasteiger partial charge is 0.490 e. The number of nitrogens with one attached hydrogen (secondary N) is 1. The molecule has 0 spiro atoms. The molecule has 19 heavy (non-hydrogen) atoms. The van der Waals surface area contributed by atoms with Crippen molar-refractivity contribution in [3.05, 3.63) is 40.3 Å². The summed E-state index contributed by atoms with van der Waals surface area (Å²) in [6.07, 6.45) is 8.24. The topological polar surface area (TPSA) is 42.1 Å². The highest BCUT2D eigenvalue weighted by molar-refractivity contribution is 5.85. The molecule has 0 amide bonds. The molecule has 3 rings (SSSR count). The molecular formula is C16H19NO2. The molecular weight excluding hydrogens is 238 g/mol. The van der Waals surface area contributed by atoms with E-state index in [1.54, 1.807) is 6.20 Å². The van der Waals surface area contributed by atoms with Gasteiger partial charge in [-0.1, -0.05) is 6.42 Å². The Morgan fingerprint density at radius 3 is 2.74 bits per heavy atom. The zero-order valence-electron chi connectivity index (χ0n) is 11.2. The second-order valence-electron chi connectivity index (χ2n) is 5.39. The Morgan fingerprint density at radius 1 is 1.16 bits per heavy atom. The summed E-state index contributed by atoms with van der Waals surface area (Å²) < 4.78 is 6.05. The molecule has 1 N–H and O–H groups in total. The first-order chi connectivity index (χ1) is 9.24. The third kappa shape index (κ3) is 2.50. The van der Waals surface area contributed by atoms with Gasteiger partial charge in [0.2, 0.25) is 0 Å². The van der Waals surface area contributed by atoms with Gasteiger partial charge in [0.25, 0.3) is 5.56 Å². The van der Waals surface area contributed by atoms with Gasteiger partial charge in [0.15, 0.2) is 0 Å². The molecule has 1 aliphatic carbocycles. The van der Waals surface area contributed by atoms with E-state index in [9.17, 15) is 4.79 Å². The van der Waals surface area contributed by atoms with Crippen LogP contribution < -0.4 is 10.3 Å². The smallest absolute Gasteiger partial charge is 0.255 e. The summed E-state index contributed by atoms with van der Waals surface area (Å²) >= 11 is 0. The quantitative estimate of drug-likeness (QED) is 0.894. The molecule has 1 saturated carbocycles. The van der Waals surface area contributed by atoms with Crippen LogP contribution in [0.2, 0.25) is 0 Å². The fraction of sp³-hybridized carbons (Fsp3) is 0.438. The van der Waals surface area contributed by atoms with Crippen LogP contribution in [0.1, 0.15) is 37.7 Å². The summed E-state index contributed by atoms with van der Waals surface area (Å²) in [4.78, 5) is 14.5. The van der Waals surface area contributed by atoms with Crippen LogP contribution >= 0.6 is 0 Å². The SMILES string of the molecule is Cc1c[nH]c(=O)c2ccc(OC3CCCCC3)cc12. The minimum Gasteiger partial charge on any atom is -0.490 e. The van der Waals surface area contributed by atoms with Crippen molar-refractivity contribution in [1.82, 2.24) is 4.98 Å². The van der Waals surface area contributed by atoms with Gasteiger partial charge in [-0.15, -0.1) is 0 Å². The number of rotatable bonds is 2. The molecule has 1 aromatic carbocycles. The highest BCUT2D eigenvalue weighted by Crippen LogP contribution is 2.26. The first-order valence-corrected chi connectivity index (χ1v) is 7.03. The van der Waals surface area contributed by atoms with Crippen molar-refractivity contribution < 1.29 is 4.74 Å². The number of aromatic nitrogens is 1. The Morgan fingerprint density at radius 2 is 1.95 bits per heavy atom. The number of aryl methyl sites for hydroxylation is 1. The van der Waals surface area contributed by atoms with E-state index >= 15 is 0 Å². The second-order valence-corrected chi connectivity index (χ2v) is 5.39. The Balaban J connectivity index is 1.92. The van der Waals surface area contributed by atoms with Gasteiger partial charge >= 0.3 is 0 Å². The molecule has 0 aliphatic heterocycles. The minimum absolute atomic E-state index is 0.0372. The summed E-state index contributed by atoms with van der Waals surface area (Å²) in [6, 6.07) is 5.76. The second kappa shape index (κ2) is 5.08. The van der Waals surface area contributed by atoms with Crippen LogP contribution in [0, 0.1) is 6.92 Å². The Kier molecular flexibility index (Phi) is 3.28. The number of ether oxygens (including phenoxy) is 1. The summed E-state index contributed by atoms with van der Waals surface area (Å²) in [5, 5.41) is 1.72. The predicted molar refractivity (Wildman–Crippen MR) is 76.8 cm³/mol. The molecule has 0 saturated heterocycles. The predicted octanol–water partition coefficient (Wildman–Crippen LogP) is 3.55. The summed E-state index contributed by atoms with van der Waals surface area (Å²) in [6.45, 7) is 2.00. The maximum Gasteiger partial charge on any atom is 0.255 e. The van der Waals surface area contributed by atoms with E-state index in [2.05, 4.69) is 4.98 Å². The molecule has 0 bridgehead atoms. The number of H-pyrrole nitrogens is 1. The molecule has 3 heteroatoms. The summed E-state index contributed by atoms with van der Waals surface area (Å²) in [7, 11) is 0. The van der Waals surface area contributed by atoms with Crippen molar-refractivity contribution in [2.45, 2.75) is 45.1 Å². The van der Waals surface area contributed by atoms with E-state index in [0.29, 0.717) is 6.10 Å². The number of aromatic amines is 1. The Labute approximate surface area is 112 Å². The Hall–Kier alpha value is -1.77. The van der Waals surface area contributed by atoms with Crippen molar-refractivity contribution >= 4 is 10.8 Å². The van der Waals surface area contributed by atoms with Crippen molar-refractivity contribution in [3.8, 4) is 5.75 Å².